The van der Waals surface area contributed by atoms with E-state index in [0.717, 1.165) is 17.9 Å². The molecule has 22 heavy (non-hydrogen) atoms. The summed E-state index contributed by atoms with van der Waals surface area (Å²) in [6, 6.07) is 10.2. The minimum Gasteiger partial charge on any atom is -0.381 e. The second kappa shape index (κ2) is 6.32. The molecule has 1 aromatic carbocycles. The maximum absolute atomic E-state index is 12.3. The van der Waals surface area contributed by atoms with Crippen LogP contribution >= 0.6 is 0 Å². The average Bonchev–Trinajstić information content (AvgIpc) is 3.09. The van der Waals surface area contributed by atoms with E-state index in [1.807, 2.05) is 23.7 Å². The molecule has 116 valence electrons. The molecule has 0 spiro atoms. The van der Waals surface area contributed by atoms with Gasteiger partial charge in [0, 0.05) is 12.7 Å². The first kappa shape index (κ1) is 14.8. The minimum atomic E-state index is -0.0531. The number of anilines is 1. The van der Waals surface area contributed by atoms with Crippen LogP contribution in [0.2, 0.25) is 0 Å². The van der Waals surface area contributed by atoms with Crippen molar-refractivity contribution in [2.24, 2.45) is 5.92 Å². The zero-order valence-corrected chi connectivity index (χ0v) is 13.0. The van der Waals surface area contributed by atoms with E-state index in [1.54, 1.807) is 0 Å². The molecule has 1 aliphatic rings. The van der Waals surface area contributed by atoms with Crippen LogP contribution in [0.4, 0.5) is 5.82 Å². The number of aromatic nitrogens is 2. The van der Waals surface area contributed by atoms with Crippen molar-refractivity contribution in [1.82, 2.24) is 9.78 Å². The zero-order chi connectivity index (χ0) is 15.5. The van der Waals surface area contributed by atoms with Crippen molar-refractivity contribution >= 4 is 11.7 Å². The predicted molar refractivity (Wildman–Crippen MR) is 84.8 cm³/mol. The molecule has 1 amide bonds. The fourth-order valence-corrected chi connectivity index (χ4v) is 2.72. The first-order chi connectivity index (χ1) is 10.6. The number of carbonyl (C=O) groups is 1. The molecule has 0 radical (unpaired) electrons. The molecule has 0 unspecified atom stereocenters. The number of rotatable bonds is 4. The number of benzene rings is 1. The van der Waals surface area contributed by atoms with Crippen molar-refractivity contribution in [3.05, 3.63) is 47.2 Å². The summed E-state index contributed by atoms with van der Waals surface area (Å²) >= 11 is 0. The van der Waals surface area contributed by atoms with E-state index in [9.17, 15) is 4.79 Å². The van der Waals surface area contributed by atoms with E-state index in [0.29, 0.717) is 19.8 Å². The number of nitrogens with one attached hydrogen (secondary N) is 1. The Morgan fingerprint density at radius 3 is 3.00 bits per heavy atom. The lowest BCUT2D eigenvalue weighted by Gasteiger charge is -2.12. The van der Waals surface area contributed by atoms with Gasteiger partial charge >= 0.3 is 0 Å². The predicted octanol–water partition coefficient (Wildman–Crippen LogP) is 2.52. The quantitative estimate of drug-likeness (QED) is 0.944. The van der Waals surface area contributed by atoms with Crippen LogP contribution in [0.3, 0.4) is 0 Å². The van der Waals surface area contributed by atoms with Gasteiger partial charge in [-0.3, -0.25) is 4.79 Å². The Morgan fingerprint density at radius 2 is 2.27 bits per heavy atom. The lowest BCUT2D eigenvalue weighted by molar-refractivity contribution is -0.119. The van der Waals surface area contributed by atoms with Crippen molar-refractivity contribution < 1.29 is 9.53 Å². The van der Waals surface area contributed by atoms with Gasteiger partial charge in [-0.05, 0) is 25.8 Å². The highest BCUT2D eigenvalue weighted by molar-refractivity contribution is 5.92. The van der Waals surface area contributed by atoms with Crippen LogP contribution in [-0.2, 0) is 16.1 Å². The van der Waals surface area contributed by atoms with Gasteiger partial charge < -0.3 is 10.1 Å². The molecule has 0 saturated carbocycles. The highest BCUT2D eigenvalue weighted by Crippen LogP contribution is 2.18. The van der Waals surface area contributed by atoms with Crippen molar-refractivity contribution in [3.8, 4) is 0 Å². The Kier molecular flexibility index (Phi) is 4.24. The van der Waals surface area contributed by atoms with E-state index in [-0.39, 0.29) is 11.8 Å². The fraction of sp³-hybridized carbons (Fsp3) is 0.412. The molecule has 5 nitrogen and oxygen atoms in total. The van der Waals surface area contributed by atoms with E-state index < -0.39 is 0 Å². The molecule has 3 rings (SSSR count). The number of hydrogen-bond donors (Lipinski definition) is 1. The van der Waals surface area contributed by atoms with Gasteiger partial charge in [0.1, 0.15) is 5.82 Å². The van der Waals surface area contributed by atoms with Crippen LogP contribution in [0.1, 0.15) is 23.2 Å². The summed E-state index contributed by atoms with van der Waals surface area (Å²) in [7, 11) is 0. The second-order valence-electron chi connectivity index (χ2n) is 5.87. The number of ether oxygens (including phenoxy) is 1. The van der Waals surface area contributed by atoms with E-state index in [4.69, 9.17) is 4.74 Å². The molecule has 1 atom stereocenters. The smallest absolute Gasteiger partial charge is 0.231 e. The van der Waals surface area contributed by atoms with Crippen LogP contribution in [0.15, 0.2) is 30.3 Å². The minimum absolute atomic E-state index is 0.0166. The molecule has 2 aromatic rings. The Morgan fingerprint density at radius 1 is 1.41 bits per heavy atom. The van der Waals surface area contributed by atoms with Crippen molar-refractivity contribution in [1.29, 1.82) is 0 Å². The summed E-state index contributed by atoms with van der Waals surface area (Å²) in [4.78, 5) is 12.3. The molecule has 1 saturated heterocycles. The Labute approximate surface area is 130 Å². The molecule has 0 bridgehead atoms. The molecular formula is C17H21N3O2. The van der Waals surface area contributed by atoms with Crippen molar-refractivity contribution in [2.75, 3.05) is 18.5 Å². The first-order valence-electron chi connectivity index (χ1n) is 7.60. The maximum Gasteiger partial charge on any atom is 0.231 e. The van der Waals surface area contributed by atoms with Crippen LogP contribution in [-0.4, -0.2) is 28.9 Å². The maximum atomic E-state index is 12.3. The number of aryl methyl sites for hydroxylation is 2. The van der Waals surface area contributed by atoms with Crippen LogP contribution in [0, 0.1) is 19.8 Å². The average molecular weight is 299 g/mol. The van der Waals surface area contributed by atoms with Gasteiger partial charge in [-0.2, -0.15) is 5.10 Å². The highest BCUT2D eigenvalue weighted by Gasteiger charge is 2.24. The van der Waals surface area contributed by atoms with Crippen molar-refractivity contribution in [3.63, 3.8) is 0 Å². The third-order valence-electron chi connectivity index (χ3n) is 3.87. The molecule has 0 aliphatic carbocycles. The Bertz CT molecular complexity index is 672. The van der Waals surface area contributed by atoms with Gasteiger partial charge in [0.15, 0.2) is 0 Å². The highest BCUT2D eigenvalue weighted by atomic mass is 16.5. The summed E-state index contributed by atoms with van der Waals surface area (Å²) in [6.45, 7) is 5.82. The summed E-state index contributed by atoms with van der Waals surface area (Å²) in [5.41, 5.74) is 3.28. The van der Waals surface area contributed by atoms with Gasteiger partial charge in [0.25, 0.3) is 0 Å². The second-order valence-corrected chi connectivity index (χ2v) is 5.87. The third kappa shape index (κ3) is 3.36. The summed E-state index contributed by atoms with van der Waals surface area (Å²) < 4.78 is 7.12. The number of hydrogen-bond acceptors (Lipinski definition) is 3. The van der Waals surface area contributed by atoms with Crippen molar-refractivity contribution in [2.45, 2.75) is 26.8 Å². The number of nitrogens with zero attached hydrogens (tertiary/aromatic N) is 2. The first-order valence-corrected chi connectivity index (χ1v) is 7.60. The van der Waals surface area contributed by atoms with Gasteiger partial charge in [0.05, 0.1) is 24.8 Å². The molecule has 1 aromatic heterocycles. The van der Waals surface area contributed by atoms with Crippen LogP contribution in [0.25, 0.3) is 0 Å². The molecule has 1 N–H and O–H groups in total. The monoisotopic (exact) mass is 299 g/mol. The summed E-state index contributed by atoms with van der Waals surface area (Å²) in [5, 5.41) is 7.48. The zero-order valence-electron chi connectivity index (χ0n) is 13.0. The molecule has 1 fully saturated rings. The molecular weight excluding hydrogens is 278 g/mol. The van der Waals surface area contributed by atoms with E-state index >= 15 is 0 Å². The van der Waals surface area contributed by atoms with Crippen LogP contribution < -0.4 is 5.32 Å². The van der Waals surface area contributed by atoms with Gasteiger partial charge in [-0.25, -0.2) is 4.68 Å². The topological polar surface area (TPSA) is 56.2 Å². The Hall–Kier alpha value is -2.14. The molecule has 1 aliphatic heterocycles. The molecule has 2 heterocycles. The lowest BCUT2D eigenvalue weighted by atomic mass is 10.1. The lowest BCUT2D eigenvalue weighted by Crippen LogP contribution is -2.24. The fourth-order valence-electron chi connectivity index (χ4n) is 2.72. The Balaban J connectivity index is 1.76. The summed E-state index contributed by atoms with van der Waals surface area (Å²) in [6.07, 6.45) is 0.789. The van der Waals surface area contributed by atoms with Crippen LogP contribution in [0.5, 0.6) is 0 Å². The number of amides is 1. The normalized spacial score (nSPS) is 17.6. The number of carbonyl (C=O) groups excluding carboxylic acids is 1. The molecule has 5 heteroatoms. The van der Waals surface area contributed by atoms with Gasteiger partial charge in [0.2, 0.25) is 5.91 Å². The standard InChI is InChI=1S/C17H21N3O2/c1-12-4-3-5-14(8-12)10-20-16(9-13(2)19-20)18-17(21)15-6-7-22-11-15/h3-5,8-9,15H,6-7,10-11H2,1-2H3,(H,18,21)/t15-/m1/s1. The summed E-state index contributed by atoms with van der Waals surface area (Å²) in [5.74, 6) is 0.710. The van der Waals surface area contributed by atoms with Gasteiger partial charge in [-0.1, -0.05) is 29.8 Å². The van der Waals surface area contributed by atoms with E-state index in [2.05, 4.69) is 35.5 Å². The largest absolute Gasteiger partial charge is 0.381 e. The van der Waals surface area contributed by atoms with Gasteiger partial charge in [-0.15, -0.1) is 0 Å². The van der Waals surface area contributed by atoms with E-state index in [1.165, 1.54) is 11.1 Å². The SMILES string of the molecule is Cc1cccc(Cn2nc(C)cc2NC(=O)[C@@H]2CCOC2)c1. The third-order valence-corrected chi connectivity index (χ3v) is 3.87.